The molecular formula is C14H20O. The summed E-state index contributed by atoms with van der Waals surface area (Å²) in [6.07, 6.45) is 8.64. The molecule has 3 aliphatic carbocycles. The molecule has 1 nitrogen and oxygen atoms in total. The summed E-state index contributed by atoms with van der Waals surface area (Å²) < 4.78 is 5.96. The van der Waals surface area contributed by atoms with Crippen molar-refractivity contribution in [3.63, 3.8) is 0 Å². The minimum Gasteiger partial charge on any atom is -0.366 e. The summed E-state index contributed by atoms with van der Waals surface area (Å²) in [4.78, 5) is 0. The first-order valence-corrected chi connectivity index (χ1v) is 6.54. The van der Waals surface area contributed by atoms with Crippen LogP contribution in [0, 0.1) is 23.7 Å². The molecule has 4 unspecified atom stereocenters. The fraction of sp³-hybridized carbons (Fsp3) is 0.857. The monoisotopic (exact) mass is 204 g/mol. The van der Waals surface area contributed by atoms with Gasteiger partial charge in [-0.3, -0.25) is 0 Å². The van der Waals surface area contributed by atoms with Crippen molar-refractivity contribution < 1.29 is 4.74 Å². The average Bonchev–Trinajstić information content (AvgIpc) is 2.61. The van der Waals surface area contributed by atoms with E-state index in [0.717, 1.165) is 23.7 Å². The summed E-state index contributed by atoms with van der Waals surface area (Å²) in [7, 11) is 0. The van der Waals surface area contributed by atoms with Gasteiger partial charge in [0, 0.05) is 0 Å². The van der Waals surface area contributed by atoms with Crippen molar-refractivity contribution in [3.8, 4) is 0 Å². The van der Waals surface area contributed by atoms with Crippen molar-refractivity contribution in [1.29, 1.82) is 0 Å². The van der Waals surface area contributed by atoms with Crippen LogP contribution in [-0.2, 0) is 4.74 Å². The SMILES string of the molecule is CC1=CCC2C(C1)[C@H]1C[C@@H]2CC12OC2C. The highest BCUT2D eigenvalue weighted by Gasteiger charge is 2.70. The number of ether oxygens (including phenoxy) is 1. The maximum absolute atomic E-state index is 5.96. The first kappa shape index (κ1) is 8.81. The van der Waals surface area contributed by atoms with E-state index in [-0.39, 0.29) is 0 Å². The molecule has 1 aliphatic heterocycles. The molecule has 0 aromatic heterocycles. The molecule has 2 bridgehead atoms. The first-order chi connectivity index (χ1) is 7.21. The zero-order chi connectivity index (χ0) is 10.2. The molecule has 1 heterocycles. The number of hydrogen-bond donors (Lipinski definition) is 0. The van der Waals surface area contributed by atoms with Gasteiger partial charge in [-0.15, -0.1) is 0 Å². The molecule has 3 fully saturated rings. The third kappa shape index (κ3) is 0.939. The highest BCUT2D eigenvalue weighted by Crippen LogP contribution is 2.68. The van der Waals surface area contributed by atoms with E-state index in [9.17, 15) is 0 Å². The smallest absolute Gasteiger partial charge is 0.0979 e. The first-order valence-electron chi connectivity index (χ1n) is 6.54. The van der Waals surface area contributed by atoms with Crippen LogP contribution in [-0.4, -0.2) is 11.7 Å². The van der Waals surface area contributed by atoms with Crippen molar-refractivity contribution >= 4 is 0 Å². The van der Waals surface area contributed by atoms with E-state index in [1.165, 1.54) is 25.7 Å². The summed E-state index contributed by atoms with van der Waals surface area (Å²) in [5.74, 6) is 3.89. The molecule has 15 heavy (non-hydrogen) atoms. The minimum absolute atomic E-state index is 0.365. The van der Waals surface area contributed by atoms with Crippen LogP contribution in [0.5, 0.6) is 0 Å². The van der Waals surface area contributed by atoms with E-state index in [1.54, 1.807) is 5.57 Å². The zero-order valence-electron chi connectivity index (χ0n) is 9.70. The van der Waals surface area contributed by atoms with Gasteiger partial charge in [0.15, 0.2) is 0 Å². The van der Waals surface area contributed by atoms with Crippen molar-refractivity contribution in [2.75, 3.05) is 0 Å². The number of rotatable bonds is 0. The predicted molar refractivity (Wildman–Crippen MR) is 59.5 cm³/mol. The van der Waals surface area contributed by atoms with E-state index in [1.807, 2.05) is 0 Å². The normalized spacial score (nSPS) is 60.7. The summed E-state index contributed by atoms with van der Waals surface area (Å²) >= 11 is 0. The van der Waals surface area contributed by atoms with Crippen LogP contribution >= 0.6 is 0 Å². The molecule has 4 aliphatic rings. The Morgan fingerprint density at radius 1 is 1.40 bits per heavy atom. The lowest BCUT2D eigenvalue weighted by Gasteiger charge is -2.37. The molecule has 1 saturated heterocycles. The van der Waals surface area contributed by atoms with Crippen LogP contribution in [0.1, 0.15) is 39.5 Å². The lowest BCUT2D eigenvalue weighted by molar-refractivity contribution is 0.114. The Hall–Kier alpha value is -0.300. The molecule has 0 aromatic carbocycles. The minimum atomic E-state index is 0.365. The molecule has 82 valence electrons. The van der Waals surface area contributed by atoms with Crippen LogP contribution in [0.15, 0.2) is 11.6 Å². The van der Waals surface area contributed by atoms with Crippen LogP contribution in [0.25, 0.3) is 0 Å². The van der Waals surface area contributed by atoms with Crippen molar-refractivity contribution in [3.05, 3.63) is 11.6 Å². The van der Waals surface area contributed by atoms with Crippen LogP contribution in [0.4, 0.5) is 0 Å². The van der Waals surface area contributed by atoms with Crippen LogP contribution in [0.3, 0.4) is 0 Å². The molecule has 0 aromatic rings. The van der Waals surface area contributed by atoms with E-state index in [0.29, 0.717) is 11.7 Å². The van der Waals surface area contributed by atoms with E-state index in [2.05, 4.69) is 19.9 Å². The van der Waals surface area contributed by atoms with Gasteiger partial charge >= 0.3 is 0 Å². The molecular weight excluding hydrogens is 184 g/mol. The summed E-state index contributed by atoms with van der Waals surface area (Å²) in [5, 5.41) is 0. The summed E-state index contributed by atoms with van der Waals surface area (Å²) in [6.45, 7) is 4.59. The van der Waals surface area contributed by atoms with Gasteiger partial charge in [-0.05, 0) is 63.2 Å². The molecule has 2 saturated carbocycles. The number of epoxide rings is 1. The summed E-state index contributed by atoms with van der Waals surface area (Å²) in [6, 6.07) is 0. The quantitative estimate of drug-likeness (QED) is 0.436. The second kappa shape index (κ2) is 2.51. The van der Waals surface area contributed by atoms with Crippen molar-refractivity contribution in [2.24, 2.45) is 23.7 Å². The lowest BCUT2D eigenvalue weighted by atomic mass is 9.67. The van der Waals surface area contributed by atoms with Gasteiger partial charge in [0.1, 0.15) is 0 Å². The van der Waals surface area contributed by atoms with Crippen molar-refractivity contribution in [2.45, 2.75) is 51.2 Å². The second-order valence-corrected chi connectivity index (χ2v) is 6.34. The fourth-order valence-corrected chi connectivity index (χ4v) is 5.03. The maximum Gasteiger partial charge on any atom is 0.0979 e. The molecule has 6 atom stereocenters. The Kier molecular flexibility index (Phi) is 1.47. The average molecular weight is 204 g/mol. The van der Waals surface area contributed by atoms with Gasteiger partial charge in [0.2, 0.25) is 0 Å². The molecule has 0 radical (unpaired) electrons. The van der Waals surface area contributed by atoms with Gasteiger partial charge in [0.05, 0.1) is 11.7 Å². The van der Waals surface area contributed by atoms with E-state index in [4.69, 9.17) is 4.74 Å². The Morgan fingerprint density at radius 3 is 2.93 bits per heavy atom. The predicted octanol–water partition coefficient (Wildman–Crippen LogP) is 3.16. The lowest BCUT2D eigenvalue weighted by Crippen LogP contribution is -2.36. The van der Waals surface area contributed by atoms with Gasteiger partial charge in [-0.25, -0.2) is 0 Å². The Balaban J connectivity index is 1.68. The highest BCUT2D eigenvalue weighted by atomic mass is 16.6. The highest BCUT2D eigenvalue weighted by molar-refractivity contribution is 5.22. The van der Waals surface area contributed by atoms with Crippen LogP contribution in [0.2, 0.25) is 0 Å². The van der Waals surface area contributed by atoms with E-state index >= 15 is 0 Å². The van der Waals surface area contributed by atoms with Crippen LogP contribution < -0.4 is 0 Å². The standard InChI is InChI=1S/C14H20O/c1-8-3-4-11-10-6-13(12(11)5-8)14(7-10)9(2)15-14/h3,9-13H,4-7H2,1-2H3/t9?,10-,11?,12?,13-,14?/m1/s1. The maximum atomic E-state index is 5.96. The third-order valence-corrected chi connectivity index (χ3v) is 5.76. The Bertz CT molecular complexity index is 345. The van der Waals surface area contributed by atoms with Gasteiger partial charge < -0.3 is 4.74 Å². The summed E-state index contributed by atoms with van der Waals surface area (Å²) in [5.41, 5.74) is 2.00. The number of fused-ring (bicyclic) bond motifs is 6. The molecule has 0 N–H and O–H groups in total. The fourth-order valence-electron chi connectivity index (χ4n) is 5.03. The number of hydrogen-bond acceptors (Lipinski definition) is 1. The molecule has 1 heteroatoms. The Morgan fingerprint density at radius 2 is 2.20 bits per heavy atom. The Labute approximate surface area is 91.9 Å². The molecule has 1 spiro atoms. The van der Waals surface area contributed by atoms with Gasteiger partial charge in [0.25, 0.3) is 0 Å². The third-order valence-electron chi connectivity index (χ3n) is 5.76. The largest absolute Gasteiger partial charge is 0.366 e. The van der Waals surface area contributed by atoms with Gasteiger partial charge in [-0.2, -0.15) is 0 Å². The molecule has 4 rings (SSSR count). The van der Waals surface area contributed by atoms with Crippen molar-refractivity contribution in [1.82, 2.24) is 0 Å². The topological polar surface area (TPSA) is 12.5 Å². The second-order valence-electron chi connectivity index (χ2n) is 6.34. The number of allylic oxidation sites excluding steroid dienone is 2. The zero-order valence-corrected chi connectivity index (χ0v) is 9.70. The van der Waals surface area contributed by atoms with E-state index < -0.39 is 0 Å². The molecule has 0 amide bonds. The van der Waals surface area contributed by atoms with Gasteiger partial charge in [-0.1, -0.05) is 11.6 Å².